The maximum Gasteiger partial charge on any atom is 0.254 e. The lowest BCUT2D eigenvalue weighted by Gasteiger charge is -2.35. The maximum absolute atomic E-state index is 12.6. The van der Waals surface area contributed by atoms with E-state index in [-0.39, 0.29) is 18.1 Å². The molecule has 1 heterocycles. The van der Waals surface area contributed by atoms with E-state index in [2.05, 4.69) is 0 Å². The standard InChI is InChI=1S/C15H22N2O2/c1-10-4-5-11(2)13(8-10)15(18)17-6-7-19-14(9-17)12(3)16/h4-5,8,12,14H,6-7,9,16H2,1-3H3. The predicted molar refractivity (Wildman–Crippen MR) is 75.2 cm³/mol. The molecule has 0 spiro atoms. The number of carbonyl (C=O) groups is 1. The van der Waals surface area contributed by atoms with Crippen molar-refractivity contribution in [2.75, 3.05) is 19.7 Å². The van der Waals surface area contributed by atoms with Crippen LogP contribution >= 0.6 is 0 Å². The molecule has 1 aromatic carbocycles. The molecule has 0 bridgehead atoms. The lowest BCUT2D eigenvalue weighted by molar-refractivity contribution is -0.0300. The second kappa shape index (κ2) is 5.72. The van der Waals surface area contributed by atoms with Crippen LogP contribution in [0.3, 0.4) is 0 Å². The molecule has 4 heteroatoms. The van der Waals surface area contributed by atoms with Crippen LogP contribution in [0.1, 0.15) is 28.4 Å². The third-order valence-corrected chi connectivity index (χ3v) is 3.59. The van der Waals surface area contributed by atoms with Crippen LogP contribution in [0, 0.1) is 13.8 Å². The summed E-state index contributed by atoms with van der Waals surface area (Å²) in [4.78, 5) is 14.4. The van der Waals surface area contributed by atoms with E-state index < -0.39 is 0 Å². The Labute approximate surface area is 114 Å². The Hall–Kier alpha value is -1.39. The van der Waals surface area contributed by atoms with E-state index in [1.54, 1.807) is 0 Å². The third kappa shape index (κ3) is 3.14. The van der Waals surface area contributed by atoms with Crippen LogP contribution in [0.5, 0.6) is 0 Å². The minimum atomic E-state index is -0.0668. The molecule has 2 atom stereocenters. The number of benzene rings is 1. The summed E-state index contributed by atoms with van der Waals surface area (Å²) in [7, 11) is 0. The molecule has 4 nitrogen and oxygen atoms in total. The normalized spacial score (nSPS) is 21.3. The molecule has 1 saturated heterocycles. The smallest absolute Gasteiger partial charge is 0.254 e. The maximum atomic E-state index is 12.6. The lowest BCUT2D eigenvalue weighted by Crippen LogP contribution is -2.51. The number of amides is 1. The number of carbonyl (C=O) groups excluding carboxylic acids is 1. The highest BCUT2D eigenvalue weighted by atomic mass is 16.5. The zero-order valence-electron chi connectivity index (χ0n) is 11.8. The Morgan fingerprint density at radius 2 is 2.21 bits per heavy atom. The van der Waals surface area contributed by atoms with Gasteiger partial charge in [0.05, 0.1) is 12.7 Å². The summed E-state index contributed by atoms with van der Waals surface area (Å²) in [5.41, 5.74) is 8.76. The molecule has 0 aliphatic carbocycles. The van der Waals surface area contributed by atoms with Crippen molar-refractivity contribution < 1.29 is 9.53 Å². The van der Waals surface area contributed by atoms with Gasteiger partial charge >= 0.3 is 0 Å². The summed E-state index contributed by atoms with van der Waals surface area (Å²) in [6, 6.07) is 5.91. The van der Waals surface area contributed by atoms with E-state index >= 15 is 0 Å². The largest absolute Gasteiger partial charge is 0.373 e. The van der Waals surface area contributed by atoms with Crippen molar-refractivity contribution >= 4 is 5.91 Å². The third-order valence-electron chi connectivity index (χ3n) is 3.59. The Bertz CT molecular complexity index is 471. The van der Waals surface area contributed by atoms with Crippen LogP contribution < -0.4 is 5.73 Å². The molecule has 104 valence electrons. The quantitative estimate of drug-likeness (QED) is 0.878. The molecule has 1 amide bonds. The van der Waals surface area contributed by atoms with Gasteiger partial charge in [0.2, 0.25) is 0 Å². The summed E-state index contributed by atoms with van der Waals surface area (Å²) in [5.74, 6) is 0.0788. The zero-order valence-corrected chi connectivity index (χ0v) is 11.8. The summed E-state index contributed by atoms with van der Waals surface area (Å²) < 4.78 is 5.59. The van der Waals surface area contributed by atoms with E-state index in [1.165, 1.54) is 0 Å². The Morgan fingerprint density at radius 1 is 1.47 bits per heavy atom. The van der Waals surface area contributed by atoms with Crippen molar-refractivity contribution in [2.45, 2.75) is 32.9 Å². The fraction of sp³-hybridized carbons (Fsp3) is 0.533. The van der Waals surface area contributed by atoms with Crippen LogP contribution in [0.25, 0.3) is 0 Å². The molecule has 0 saturated carbocycles. The van der Waals surface area contributed by atoms with Gasteiger partial charge in [0.25, 0.3) is 5.91 Å². The Balaban J connectivity index is 2.17. The summed E-state index contributed by atoms with van der Waals surface area (Å²) in [6.07, 6.45) is -0.0668. The van der Waals surface area contributed by atoms with E-state index in [4.69, 9.17) is 10.5 Å². The number of hydrogen-bond donors (Lipinski definition) is 1. The number of ether oxygens (including phenoxy) is 1. The topological polar surface area (TPSA) is 55.6 Å². The van der Waals surface area contributed by atoms with E-state index in [0.29, 0.717) is 19.7 Å². The summed E-state index contributed by atoms with van der Waals surface area (Å²) >= 11 is 0. The first kappa shape index (κ1) is 14.0. The van der Waals surface area contributed by atoms with Crippen molar-refractivity contribution in [2.24, 2.45) is 5.73 Å². The molecule has 1 aliphatic rings. The van der Waals surface area contributed by atoms with Crippen LogP contribution in [0.2, 0.25) is 0 Å². The number of aryl methyl sites for hydroxylation is 2. The number of hydrogen-bond acceptors (Lipinski definition) is 3. The second-order valence-corrected chi connectivity index (χ2v) is 5.34. The summed E-state index contributed by atoms with van der Waals surface area (Å²) in [5, 5.41) is 0. The monoisotopic (exact) mass is 262 g/mol. The molecule has 19 heavy (non-hydrogen) atoms. The van der Waals surface area contributed by atoms with Gasteiger partial charge in [-0.2, -0.15) is 0 Å². The first-order valence-corrected chi connectivity index (χ1v) is 6.72. The van der Waals surface area contributed by atoms with Gasteiger partial charge in [-0.05, 0) is 32.4 Å². The van der Waals surface area contributed by atoms with E-state index in [1.807, 2.05) is 43.9 Å². The second-order valence-electron chi connectivity index (χ2n) is 5.34. The molecule has 2 unspecified atom stereocenters. The molecule has 1 fully saturated rings. The average Bonchev–Trinajstić information content (AvgIpc) is 2.41. The molecule has 2 N–H and O–H groups in total. The fourth-order valence-electron chi connectivity index (χ4n) is 2.31. The number of nitrogens with two attached hydrogens (primary N) is 1. The van der Waals surface area contributed by atoms with Gasteiger partial charge < -0.3 is 15.4 Å². The first-order valence-electron chi connectivity index (χ1n) is 6.72. The van der Waals surface area contributed by atoms with Crippen molar-refractivity contribution in [1.29, 1.82) is 0 Å². The molecule has 2 rings (SSSR count). The summed E-state index contributed by atoms with van der Waals surface area (Å²) in [6.45, 7) is 7.65. The van der Waals surface area contributed by atoms with Crippen LogP contribution in [0.4, 0.5) is 0 Å². The van der Waals surface area contributed by atoms with Gasteiger partial charge in [-0.1, -0.05) is 17.7 Å². The minimum Gasteiger partial charge on any atom is -0.373 e. The van der Waals surface area contributed by atoms with E-state index in [0.717, 1.165) is 16.7 Å². The Kier molecular flexibility index (Phi) is 4.22. The van der Waals surface area contributed by atoms with Gasteiger partial charge in [0.15, 0.2) is 0 Å². The SMILES string of the molecule is Cc1ccc(C)c(C(=O)N2CCOC(C(C)N)C2)c1. The highest BCUT2D eigenvalue weighted by Crippen LogP contribution is 2.16. The average molecular weight is 262 g/mol. The molecule has 0 aromatic heterocycles. The van der Waals surface area contributed by atoms with Crippen LogP contribution in [-0.4, -0.2) is 42.6 Å². The highest BCUT2D eigenvalue weighted by molar-refractivity contribution is 5.95. The predicted octanol–water partition coefficient (Wildman–Crippen LogP) is 1.49. The van der Waals surface area contributed by atoms with Crippen LogP contribution in [-0.2, 0) is 4.74 Å². The molecule has 0 radical (unpaired) electrons. The van der Waals surface area contributed by atoms with Crippen molar-refractivity contribution in [3.8, 4) is 0 Å². The number of morpholine rings is 1. The van der Waals surface area contributed by atoms with Gasteiger partial charge in [-0.25, -0.2) is 0 Å². The number of rotatable bonds is 2. The van der Waals surface area contributed by atoms with Crippen molar-refractivity contribution in [1.82, 2.24) is 4.90 Å². The van der Waals surface area contributed by atoms with Gasteiger partial charge in [0.1, 0.15) is 0 Å². The molecule has 1 aliphatic heterocycles. The van der Waals surface area contributed by atoms with Crippen LogP contribution in [0.15, 0.2) is 18.2 Å². The van der Waals surface area contributed by atoms with E-state index in [9.17, 15) is 4.79 Å². The fourth-order valence-corrected chi connectivity index (χ4v) is 2.31. The minimum absolute atomic E-state index is 0.0609. The highest BCUT2D eigenvalue weighted by Gasteiger charge is 2.27. The lowest BCUT2D eigenvalue weighted by atomic mass is 10.0. The Morgan fingerprint density at radius 3 is 2.89 bits per heavy atom. The molecular weight excluding hydrogens is 240 g/mol. The molecular formula is C15H22N2O2. The first-order chi connectivity index (χ1) is 8.99. The number of nitrogens with zero attached hydrogens (tertiary/aromatic N) is 1. The van der Waals surface area contributed by atoms with Crippen molar-refractivity contribution in [3.63, 3.8) is 0 Å². The van der Waals surface area contributed by atoms with Crippen molar-refractivity contribution in [3.05, 3.63) is 34.9 Å². The van der Waals surface area contributed by atoms with Gasteiger partial charge in [-0.3, -0.25) is 4.79 Å². The van der Waals surface area contributed by atoms with Gasteiger partial charge in [-0.15, -0.1) is 0 Å². The van der Waals surface area contributed by atoms with Gasteiger partial charge in [0, 0.05) is 24.7 Å². The molecule has 1 aromatic rings. The zero-order chi connectivity index (χ0) is 14.0.